The highest BCUT2D eigenvalue weighted by atomic mass is 16.8. The second kappa shape index (κ2) is 9.79. The van der Waals surface area contributed by atoms with Gasteiger partial charge in [-0.1, -0.05) is 32.9 Å². The van der Waals surface area contributed by atoms with Gasteiger partial charge < -0.3 is 47.8 Å². The van der Waals surface area contributed by atoms with Crippen molar-refractivity contribution in [1.29, 1.82) is 0 Å². The maximum absolute atomic E-state index is 13.7. The molecule has 0 bridgehead atoms. The minimum absolute atomic E-state index is 0.304. The van der Waals surface area contributed by atoms with Crippen LogP contribution >= 0.6 is 0 Å². The van der Waals surface area contributed by atoms with Crippen molar-refractivity contribution >= 4 is 12.3 Å². The van der Waals surface area contributed by atoms with E-state index in [1.807, 2.05) is 32.9 Å². The van der Waals surface area contributed by atoms with E-state index in [2.05, 4.69) is 6.92 Å². The number of hydrogen-bond donors (Lipinski definition) is 1. The van der Waals surface area contributed by atoms with E-state index in [9.17, 15) is 14.7 Å². The van der Waals surface area contributed by atoms with Crippen molar-refractivity contribution in [1.82, 2.24) is 0 Å². The first-order valence-electron chi connectivity index (χ1n) is 15.9. The van der Waals surface area contributed by atoms with Gasteiger partial charge in [-0.25, -0.2) is 4.79 Å². The zero-order chi connectivity index (χ0) is 32.5. The molecule has 45 heavy (non-hydrogen) atoms. The van der Waals surface area contributed by atoms with E-state index in [0.717, 1.165) is 11.9 Å². The predicted octanol–water partition coefficient (Wildman–Crippen LogP) is 3.05. The van der Waals surface area contributed by atoms with Crippen LogP contribution in [-0.4, -0.2) is 93.9 Å². The number of allylic oxidation sites excluding steroid dienone is 1. The van der Waals surface area contributed by atoms with Crippen molar-refractivity contribution in [2.24, 2.45) is 39.4 Å². The van der Waals surface area contributed by atoms with Crippen molar-refractivity contribution in [2.75, 3.05) is 27.9 Å². The van der Waals surface area contributed by atoms with Gasteiger partial charge in [0, 0.05) is 60.9 Å². The van der Waals surface area contributed by atoms with Crippen molar-refractivity contribution in [3.63, 3.8) is 0 Å². The Balaban J connectivity index is 1.45. The SMILES string of the molecule is C/C=C(\C)C(=O)O[C@@H]1[C@@H]2OC[C@]3(C)C=C[C@]4(O)O[C@@H](OC)[C@H]([C@]1(C)[C@@]15O[C@@H]1C[C@@H](C1=C[C@H](OC)O[C@@H]1OC)[C@]5(C)C=O)[C@]4(C)[C@@H]23. The number of fused-ring (bicyclic) bond motifs is 1. The number of epoxide rings is 1. The maximum Gasteiger partial charge on any atom is 0.333 e. The first kappa shape index (κ1) is 31.6. The first-order valence-corrected chi connectivity index (χ1v) is 15.9. The molecule has 2 saturated carbocycles. The minimum Gasteiger partial charge on any atom is -0.456 e. The molecule has 0 aromatic rings. The van der Waals surface area contributed by atoms with E-state index < -0.39 is 76.0 Å². The standard InChI is InChI=1S/C34H46O11/c1-10-17(2)26(36)43-25-22-23-29(3,16-41-22)11-12-33(37)31(23,5)24(28(40-9)45-33)32(25,6)34-20(44-34)14-19(30(34,4)15-35)18-13-21(38-7)42-27(18)39-8/h10-13,15,19-25,27-28,37H,14,16H2,1-9H3/b17-10+/t19-,20+,21+,22+,23-,24-,25+,27-,28+,29-,30-,31-,32-,33-,34+/m0/s1. The number of aliphatic hydroxyl groups is 1. The van der Waals surface area contributed by atoms with E-state index in [4.69, 9.17) is 37.9 Å². The molecule has 0 spiro atoms. The quantitative estimate of drug-likeness (QED) is 0.140. The molecule has 0 amide bonds. The monoisotopic (exact) mass is 630 g/mol. The van der Waals surface area contributed by atoms with E-state index >= 15 is 0 Å². The van der Waals surface area contributed by atoms with Gasteiger partial charge in [0.25, 0.3) is 0 Å². The van der Waals surface area contributed by atoms with Crippen molar-refractivity contribution < 1.29 is 52.6 Å². The van der Waals surface area contributed by atoms with Crippen molar-refractivity contribution in [3.8, 4) is 0 Å². The summed E-state index contributed by atoms with van der Waals surface area (Å²) in [6.45, 7) is 11.9. The highest BCUT2D eigenvalue weighted by Gasteiger charge is 2.91. The molecule has 1 N–H and O–H groups in total. The average Bonchev–Trinajstić information content (AvgIpc) is 3.24. The van der Waals surface area contributed by atoms with Crippen LogP contribution in [0.2, 0.25) is 0 Å². The Hall–Kier alpha value is -1.96. The third-order valence-corrected chi connectivity index (χ3v) is 13.2. The number of carbonyl (C=O) groups is 2. The van der Waals surface area contributed by atoms with Crippen molar-refractivity contribution in [2.45, 2.75) is 96.5 Å². The van der Waals surface area contributed by atoms with Crippen LogP contribution < -0.4 is 0 Å². The second-order valence-corrected chi connectivity index (χ2v) is 14.9. The molecule has 3 aliphatic carbocycles. The highest BCUT2D eigenvalue weighted by molar-refractivity contribution is 5.88. The summed E-state index contributed by atoms with van der Waals surface area (Å²) >= 11 is 0. The lowest BCUT2D eigenvalue weighted by atomic mass is 9.39. The number of aldehydes is 1. The van der Waals surface area contributed by atoms with Gasteiger partial charge in [0.15, 0.2) is 24.7 Å². The van der Waals surface area contributed by atoms with Crippen LogP contribution in [0.1, 0.15) is 48.0 Å². The summed E-state index contributed by atoms with van der Waals surface area (Å²) in [5.41, 5.74) is -3.62. The summed E-state index contributed by atoms with van der Waals surface area (Å²) in [5, 5.41) is 12.3. The fourth-order valence-electron chi connectivity index (χ4n) is 11.0. The number of methoxy groups -OCH3 is 3. The zero-order valence-corrected chi connectivity index (χ0v) is 27.5. The van der Waals surface area contributed by atoms with Gasteiger partial charge in [-0.05, 0) is 44.9 Å². The minimum atomic E-state index is -1.70. The maximum atomic E-state index is 13.7. The summed E-state index contributed by atoms with van der Waals surface area (Å²) in [6.07, 6.45) is 4.65. The lowest BCUT2D eigenvalue weighted by Gasteiger charge is -2.64. The molecule has 248 valence electrons. The van der Waals surface area contributed by atoms with Crippen LogP contribution in [0.5, 0.6) is 0 Å². The lowest BCUT2D eigenvalue weighted by Crippen LogP contribution is -2.74. The molecule has 0 aromatic carbocycles. The van der Waals surface area contributed by atoms with E-state index in [-0.39, 0.29) is 17.9 Å². The van der Waals surface area contributed by atoms with Gasteiger partial charge in [0.05, 0.1) is 24.2 Å². The summed E-state index contributed by atoms with van der Waals surface area (Å²) < 4.78 is 49.6. The van der Waals surface area contributed by atoms with Gasteiger partial charge >= 0.3 is 5.97 Å². The Bertz CT molecular complexity index is 1390. The van der Waals surface area contributed by atoms with E-state index in [1.165, 1.54) is 0 Å². The zero-order valence-electron chi connectivity index (χ0n) is 27.5. The number of carbonyl (C=O) groups excluding carboxylic acids is 2. The van der Waals surface area contributed by atoms with Crippen LogP contribution in [0.3, 0.4) is 0 Å². The van der Waals surface area contributed by atoms with Crippen LogP contribution in [0.15, 0.2) is 35.5 Å². The predicted molar refractivity (Wildman–Crippen MR) is 157 cm³/mol. The molecule has 11 nitrogen and oxygen atoms in total. The smallest absolute Gasteiger partial charge is 0.333 e. The third kappa shape index (κ3) is 3.49. The average molecular weight is 631 g/mol. The van der Waals surface area contributed by atoms with E-state index in [0.29, 0.717) is 18.6 Å². The van der Waals surface area contributed by atoms with Gasteiger partial charge in [0.2, 0.25) is 0 Å². The van der Waals surface area contributed by atoms with E-state index in [1.54, 1.807) is 47.3 Å². The Kier molecular flexibility index (Phi) is 6.88. The molecule has 7 rings (SSSR count). The largest absolute Gasteiger partial charge is 0.456 e. The number of rotatable bonds is 8. The Morgan fingerprint density at radius 1 is 1.02 bits per heavy atom. The molecule has 0 aromatic heterocycles. The van der Waals surface area contributed by atoms with Gasteiger partial charge in [-0.2, -0.15) is 0 Å². The molecule has 11 heteroatoms. The lowest BCUT2D eigenvalue weighted by molar-refractivity contribution is -0.273. The molecular weight excluding hydrogens is 584 g/mol. The Labute approximate surface area is 264 Å². The summed E-state index contributed by atoms with van der Waals surface area (Å²) in [4.78, 5) is 27.3. The van der Waals surface area contributed by atoms with Gasteiger partial charge in [-0.3, -0.25) is 0 Å². The van der Waals surface area contributed by atoms with Crippen LogP contribution in [0, 0.1) is 39.4 Å². The van der Waals surface area contributed by atoms with Crippen LogP contribution in [0.25, 0.3) is 0 Å². The molecule has 4 heterocycles. The fraction of sp³-hybridized carbons (Fsp3) is 0.765. The molecule has 4 aliphatic heterocycles. The third-order valence-electron chi connectivity index (χ3n) is 13.2. The summed E-state index contributed by atoms with van der Waals surface area (Å²) in [7, 11) is 4.66. The highest BCUT2D eigenvalue weighted by Crippen LogP contribution is 2.81. The summed E-state index contributed by atoms with van der Waals surface area (Å²) in [5.74, 6) is -3.40. The normalized spacial score (nSPS) is 55.7. The molecule has 0 radical (unpaired) electrons. The van der Waals surface area contributed by atoms with Crippen LogP contribution in [-0.2, 0) is 47.5 Å². The van der Waals surface area contributed by atoms with Gasteiger partial charge in [0.1, 0.15) is 18.0 Å². The number of esters is 1. The molecule has 5 fully saturated rings. The Morgan fingerprint density at radius 3 is 2.38 bits per heavy atom. The first-order chi connectivity index (χ1) is 21.2. The topological polar surface area (TPSA) is 132 Å². The molecule has 7 aliphatic rings. The molecule has 3 saturated heterocycles. The van der Waals surface area contributed by atoms with Crippen LogP contribution in [0.4, 0.5) is 0 Å². The molecule has 0 unspecified atom stereocenters. The molecule has 15 atom stereocenters. The molecular formula is C34H46O11. The Morgan fingerprint density at radius 2 is 1.76 bits per heavy atom. The second-order valence-electron chi connectivity index (χ2n) is 14.9. The number of ether oxygens (including phenoxy) is 8. The van der Waals surface area contributed by atoms with Crippen molar-refractivity contribution in [3.05, 3.63) is 35.5 Å². The summed E-state index contributed by atoms with van der Waals surface area (Å²) in [6, 6.07) is 0. The fourth-order valence-corrected chi connectivity index (χ4v) is 11.0. The number of hydrogen-bond acceptors (Lipinski definition) is 11. The van der Waals surface area contributed by atoms with Gasteiger partial charge in [-0.15, -0.1) is 0 Å².